The summed E-state index contributed by atoms with van der Waals surface area (Å²) in [7, 11) is 1.54. The van der Waals surface area contributed by atoms with Crippen LogP contribution in [0.15, 0.2) is 54.6 Å². The number of nitrogens with zero attached hydrogens (tertiary/aromatic N) is 1. The van der Waals surface area contributed by atoms with Gasteiger partial charge in [-0.1, -0.05) is 30.3 Å². The number of rotatable bonds is 9. The number of carboxylic acids is 1. The van der Waals surface area contributed by atoms with Crippen molar-refractivity contribution in [1.82, 2.24) is 10.6 Å². The summed E-state index contributed by atoms with van der Waals surface area (Å²) in [5.41, 5.74) is 1.94. The Kier molecular flexibility index (Phi) is 9.16. The minimum absolute atomic E-state index is 0.140. The lowest BCUT2D eigenvalue weighted by molar-refractivity contribution is -0.153. The van der Waals surface area contributed by atoms with E-state index in [2.05, 4.69) is 10.6 Å². The first-order valence-electron chi connectivity index (χ1n) is 13.9. The van der Waals surface area contributed by atoms with Crippen molar-refractivity contribution in [2.24, 2.45) is 0 Å². The van der Waals surface area contributed by atoms with Crippen molar-refractivity contribution in [2.75, 3.05) is 18.6 Å². The molecule has 10 heteroatoms. The fourth-order valence-corrected chi connectivity index (χ4v) is 5.04. The highest BCUT2D eigenvalue weighted by atomic mass is 16.6. The van der Waals surface area contributed by atoms with Crippen molar-refractivity contribution in [1.29, 1.82) is 0 Å². The second kappa shape index (κ2) is 12.6. The number of para-hydroxylation sites is 1. The van der Waals surface area contributed by atoms with E-state index in [4.69, 9.17) is 9.47 Å². The molecular formula is C32H37N3O7. The molecule has 0 aromatic heterocycles. The Morgan fingerprint density at radius 2 is 1.83 bits per heavy atom. The molecule has 1 aliphatic heterocycles. The summed E-state index contributed by atoms with van der Waals surface area (Å²) in [6.07, 6.45) is 0.962. The van der Waals surface area contributed by atoms with Gasteiger partial charge >= 0.3 is 11.9 Å². The van der Waals surface area contributed by atoms with Gasteiger partial charge in [-0.15, -0.1) is 0 Å². The Morgan fingerprint density at radius 3 is 2.52 bits per heavy atom. The van der Waals surface area contributed by atoms with Gasteiger partial charge in [-0.25, -0.2) is 4.79 Å². The van der Waals surface area contributed by atoms with Gasteiger partial charge in [0.25, 0.3) is 0 Å². The van der Waals surface area contributed by atoms with Crippen molar-refractivity contribution in [3.63, 3.8) is 0 Å². The van der Waals surface area contributed by atoms with Crippen molar-refractivity contribution in [2.45, 2.75) is 64.8 Å². The molecule has 0 spiro atoms. The van der Waals surface area contributed by atoms with Crippen LogP contribution in [0.25, 0.3) is 10.8 Å². The fourth-order valence-electron chi connectivity index (χ4n) is 5.04. The highest BCUT2D eigenvalue weighted by Crippen LogP contribution is 2.34. The van der Waals surface area contributed by atoms with Gasteiger partial charge in [0.15, 0.2) is 0 Å². The number of hydrogen-bond acceptors (Lipinski definition) is 7. The Labute approximate surface area is 245 Å². The largest absolute Gasteiger partial charge is 0.496 e. The number of anilines is 1. The van der Waals surface area contributed by atoms with E-state index < -0.39 is 35.5 Å². The number of hydrogen-bond donors (Lipinski definition) is 3. The predicted molar refractivity (Wildman–Crippen MR) is 159 cm³/mol. The zero-order valence-corrected chi connectivity index (χ0v) is 24.5. The number of nitrogens with one attached hydrogen (secondary N) is 2. The smallest absolute Gasteiger partial charge is 0.335 e. The molecule has 0 fully saturated rings. The van der Waals surface area contributed by atoms with Crippen LogP contribution in [0.3, 0.4) is 0 Å². The fraction of sp³-hybridized carbons (Fsp3) is 0.375. The molecule has 10 nitrogen and oxygen atoms in total. The van der Waals surface area contributed by atoms with Crippen LogP contribution in [-0.2, 0) is 32.1 Å². The SMILES string of the molecule is COc1ccc2cc(C(=O)O)ccc2c1CN1C(=O)[C@@H](NC(=O)[C@H](C)NCC(=O)OC(C)(C)C)CCc2ccccc21. The molecule has 4 rings (SSSR count). The molecule has 0 unspecified atom stereocenters. The van der Waals surface area contributed by atoms with E-state index in [9.17, 15) is 24.3 Å². The number of aromatic carboxylic acids is 1. The first-order valence-corrected chi connectivity index (χ1v) is 13.9. The molecule has 2 atom stereocenters. The molecule has 0 bridgehead atoms. The Morgan fingerprint density at radius 1 is 1.10 bits per heavy atom. The van der Waals surface area contributed by atoms with E-state index >= 15 is 0 Å². The maximum absolute atomic E-state index is 14.1. The normalized spacial score (nSPS) is 15.9. The molecule has 0 saturated heterocycles. The van der Waals surface area contributed by atoms with E-state index in [0.717, 1.165) is 22.2 Å². The molecule has 222 valence electrons. The molecule has 42 heavy (non-hydrogen) atoms. The number of carbonyl (C=O) groups is 4. The van der Waals surface area contributed by atoms with E-state index in [1.807, 2.05) is 24.3 Å². The van der Waals surface area contributed by atoms with E-state index in [1.54, 1.807) is 64.0 Å². The topological polar surface area (TPSA) is 134 Å². The summed E-state index contributed by atoms with van der Waals surface area (Å²) in [5.74, 6) is -1.64. The highest BCUT2D eigenvalue weighted by Gasteiger charge is 2.33. The molecule has 0 saturated carbocycles. The summed E-state index contributed by atoms with van der Waals surface area (Å²) in [6, 6.07) is 14.4. The standard InChI is InChI=1S/C32H37N3O7/c1-19(33-17-28(36)42-32(2,3)4)29(37)34-25-14-11-20-8-6-7-9-26(20)35(30(25)38)18-24-23-13-10-22(31(39)40)16-21(23)12-15-27(24)41-5/h6-10,12-13,15-16,19,25,33H,11,14,17-18H2,1-5H3,(H,34,37)(H,39,40)/t19-,25-/m0/s1. The number of fused-ring (bicyclic) bond motifs is 2. The molecule has 2 amide bonds. The first-order chi connectivity index (χ1) is 19.9. The third-order valence-corrected chi connectivity index (χ3v) is 7.10. The first kappa shape index (κ1) is 30.5. The van der Waals surface area contributed by atoms with Gasteiger partial charge in [0.05, 0.1) is 31.8 Å². The van der Waals surface area contributed by atoms with E-state index in [0.29, 0.717) is 24.0 Å². The number of aryl methyl sites for hydroxylation is 1. The van der Waals surface area contributed by atoms with Gasteiger partial charge in [0, 0.05) is 11.3 Å². The van der Waals surface area contributed by atoms with Crippen molar-refractivity contribution >= 4 is 40.2 Å². The number of benzene rings is 3. The summed E-state index contributed by atoms with van der Waals surface area (Å²) in [6.45, 7) is 6.92. The Hall–Kier alpha value is -4.44. The third-order valence-electron chi connectivity index (χ3n) is 7.10. The second-order valence-corrected chi connectivity index (χ2v) is 11.3. The molecule has 3 N–H and O–H groups in total. The quantitative estimate of drug-likeness (QED) is 0.328. The summed E-state index contributed by atoms with van der Waals surface area (Å²) in [5, 5.41) is 16.7. The number of methoxy groups -OCH3 is 1. The van der Waals surface area contributed by atoms with Crippen LogP contribution in [0.4, 0.5) is 5.69 Å². The molecule has 0 radical (unpaired) electrons. The summed E-state index contributed by atoms with van der Waals surface area (Å²) in [4.78, 5) is 52.5. The van der Waals surface area contributed by atoms with Gasteiger partial charge in [0.2, 0.25) is 11.8 Å². The van der Waals surface area contributed by atoms with Gasteiger partial charge < -0.3 is 24.8 Å². The van der Waals surface area contributed by atoms with Crippen molar-refractivity contribution in [3.8, 4) is 5.75 Å². The van der Waals surface area contributed by atoms with Crippen LogP contribution >= 0.6 is 0 Å². The second-order valence-electron chi connectivity index (χ2n) is 11.3. The average Bonchev–Trinajstić information content (AvgIpc) is 3.07. The maximum atomic E-state index is 14.1. The van der Waals surface area contributed by atoms with Gasteiger partial charge in [-0.3, -0.25) is 19.7 Å². The van der Waals surface area contributed by atoms with E-state index in [-0.39, 0.29) is 24.6 Å². The molecule has 3 aromatic carbocycles. The van der Waals surface area contributed by atoms with Crippen LogP contribution in [0.1, 0.15) is 55.6 Å². The molecule has 1 aliphatic rings. The minimum Gasteiger partial charge on any atom is -0.496 e. The van der Waals surface area contributed by atoms with Gasteiger partial charge in [0.1, 0.15) is 17.4 Å². The number of ether oxygens (including phenoxy) is 2. The van der Waals surface area contributed by atoms with E-state index in [1.165, 1.54) is 6.07 Å². The summed E-state index contributed by atoms with van der Waals surface area (Å²) < 4.78 is 10.9. The number of carbonyl (C=O) groups excluding carboxylic acids is 3. The zero-order chi connectivity index (χ0) is 30.6. The van der Waals surface area contributed by atoms with Crippen LogP contribution in [0, 0.1) is 0 Å². The number of esters is 1. The van der Waals surface area contributed by atoms with Crippen molar-refractivity contribution in [3.05, 3.63) is 71.3 Å². The van der Waals surface area contributed by atoms with Gasteiger partial charge in [-0.2, -0.15) is 0 Å². The monoisotopic (exact) mass is 575 g/mol. The van der Waals surface area contributed by atoms with Crippen LogP contribution in [0.5, 0.6) is 5.75 Å². The molecule has 1 heterocycles. The Balaban J connectivity index is 1.60. The highest BCUT2D eigenvalue weighted by molar-refractivity contribution is 6.02. The van der Waals surface area contributed by atoms with Crippen LogP contribution in [-0.4, -0.2) is 60.2 Å². The number of carboxylic acid groups (broad SMARTS) is 1. The predicted octanol–water partition coefficient (Wildman–Crippen LogP) is 3.83. The lowest BCUT2D eigenvalue weighted by atomic mass is 10.00. The zero-order valence-electron chi connectivity index (χ0n) is 24.5. The lowest BCUT2D eigenvalue weighted by Gasteiger charge is -2.28. The van der Waals surface area contributed by atoms with Crippen molar-refractivity contribution < 1.29 is 33.8 Å². The summed E-state index contributed by atoms with van der Waals surface area (Å²) >= 11 is 0. The molecular weight excluding hydrogens is 538 g/mol. The Bertz CT molecular complexity index is 1510. The maximum Gasteiger partial charge on any atom is 0.335 e. The van der Waals surface area contributed by atoms with Gasteiger partial charge in [-0.05, 0) is 81.1 Å². The lowest BCUT2D eigenvalue weighted by Crippen LogP contribution is -2.53. The van der Waals surface area contributed by atoms with Crippen LogP contribution < -0.4 is 20.3 Å². The molecule has 3 aromatic rings. The number of amides is 2. The van der Waals surface area contributed by atoms with Crippen LogP contribution in [0.2, 0.25) is 0 Å². The minimum atomic E-state index is -1.03. The average molecular weight is 576 g/mol. The molecule has 0 aliphatic carbocycles. The third kappa shape index (κ3) is 7.06.